The Balaban J connectivity index is 2.53. The fourth-order valence-corrected chi connectivity index (χ4v) is 3.16. The van der Waals surface area contributed by atoms with Crippen LogP contribution in [-0.2, 0) is 4.74 Å². The predicted molar refractivity (Wildman–Crippen MR) is 83.5 cm³/mol. The number of ketones is 1. The number of Topliss-reactive ketones (excluding diaryl/α,β-unsaturated/α-hetero) is 1. The second kappa shape index (κ2) is 6.56. The molecule has 0 fully saturated rings. The molecule has 0 saturated heterocycles. The minimum atomic E-state index is -0.613. The van der Waals surface area contributed by atoms with Gasteiger partial charge in [0.25, 0.3) is 0 Å². The second-order valence-electron chi connectivity index (χ2n) is 4.13. The number of thiazole rings is 1. The van der Waals surface area contributed by atoms with Gasteiger partial charge in [-0.15, -0.1) is 11.3 Å². The number of hydrogen-bond acceptors (Lipinski definition) is 5. The zero-order valence-corrected chi connectivity index (χ0v) is 13.6. The van der Waals surface area contributed by atoms with E-state index in [4.69, 9.17) is 27.9 Å². The summed E-state index contributed by atoms with van der Waals surface area (Å²) in [5.41, 5.74) is 0.677. The molecular formula is C14H11Cl2NO3S. The average Bonchev–Trinajstić information content (AvgIpc) is 2.83. The molecule has 1 aromatic carbocycles. The van der Waals surface area contributed by atoms with Crippen LogP contribution in [0.1, 0.15) is 34.0 Å². The number of ether oxygens (including phenoxy) is 1. The van der Waals surface area contributed by atoms with Crippen molar-refractivity contribution in [1.82, 2.24) is 4.98 Å². The van der Waals surface area contributed by atoms with Gasteiger partial charge in [0.1, 0.15) is 9.88 Å². The van der Waals surface area contributed by atoms with Crippen molar-refractivity contribution in [2.75, 3.05) is 6.61 Å². The van der Waals surface area contributed by atoms with Gasteiger partial charge in [-0.3, -0.25) is 4.79 Å². The van der Waals surface area contributed by atoms with E-state index in [0.29, 0.717) is 20.6 Å². The van der Waals surface area contributed by atoms with Crippen molar-refractivity contribution in [3.05, 3.63) is 38.8 Å². The van der Waals surface area contributed by atoms with E-state index in [2.05, 4.69) is 4.98 Å². The van der Waals surface area contributed by atoms with Crippen molar-refractivity contribution in [3.63, 3.8) is 0 Å². The van der Waals surface area contributed by atoms with E-state index in [-0.39, 0.29) is 23.0 Å². The van der Waals surface area contributed by atoms with Gasteiger partial charge in [0.2, 0.25) is 0 Å². The van der Waals surface area contributed by atoms with Crippen molar-refractivity contribution < 1.29 is 14.3 Å². The van der Waals surface area contributed by atoms with E-state index in [9.17, 15) is 9.59 Å². The summed E-state index contributed by atoms with van der Waals surface area (Å²) in [7, 11) is 0. The highest BCUT2D eigenvalue weighted by Gasteiger charge is 2.23. The van der Waals surface area contributed by atoms with Crippen LogP contribution in [0.3, 0.4) is 0 Å². The first-order chi connectivity index (χ1) is 9.92. The van der Waals surface area contributed by atoms with Crippen LogP contribution >= 0.6 is 34.5 Å². The Morgan fingerprint density at radius 1 is 1.24 bits per heavy atom. The molecule has 0 N–H and O–H groups in total. The van der Waals surface area contributed by atoms with Crippen molar-refractivity contribution in [2.45, 2.75) is 13.8 Å². The molecule has 0 saturated carbocycles. The summed E-state index contributed by atoms with van der Waals surface area (Å²) in [5.74, 6) is -0.853. The number of aromatic nitrogens is 1. The maximum atomic E-state index is 11.9. The van der Waals surface area contributed by atoms with Crippen LogP contribution in [0.15, 0.2) is 18.2 Å². The molecule has 7 heteroatoms. The Morgan fingerprint density at radius 3 is 2.38 bits per heavy atom. The van der Waals surface area contributed by atoms with E-state index >= 15 is 0 Å². The molecular weight excluding hydrogens is 333 g/mol. The molecule has 0 atom stereocenters. The lowest BCUT2D eigenvalue weighted by Crippen LogP contribution is -2.09. The zero-order chi connectivity index (χ0) is 15.6. The monoisotopic (exact) mass is 343 g/mol. The molecule has 0 unspecified atom stereocenters. The summed E-state index contributed by atoms with van der Waals surface area (Å²) in [4.78, 5) is 28.0. The molecule has 0 radical (unpaired) electrons. The summed E-state index contributed by atoms with van der Waals surface area (Å²) in [6.07, 6.45) is 0. The van der Waals surface area contributed by atoms with Gasteiger partial charge in [0, 0.05) is 22.5 Å². The van der Waals surface area contributed by atoms with Crippen LogP contribution in [0.5, 0.6) is 0 Å². The highest BCUT2D eigenvalue weighted by atomic mass is 35.5. The van der Waals surface area contributed by atoms with Gasteiger partial charge in [-0.1, -0.05) is 23.2 Å². The lowest BCUT2D eigenvalue weighted by atomic mass is 10.2. The number of benzene rings is 1. The van der Waals surface area contributed by atoms with Crippen LogP contribution in [0.2, 0.25) is 10.0 Å². The molecule has 1 aromatic heterocycles. The number of rotatable bonds is 4. The molecule has 0 spiro atoms. The predicted octanol–water partition coefficient (Wildman–Crippen LogP) is 4.50. The highest BCUT2D eigenvalue weighted by molar-refractivity contribution is 7.17. The Hall–Kier alpha value is -1.43. The van der Waals surface area contributed by atoms with Gasteiger partial charge in [0.05, 0.1) is 6.61 Å². The maximum absolute atomic E-state index is 11.9. The second-order valence-corrected chi connectivity index (χ2v) is 6.00. The minimum absolute atomic E-state index is 0.0282. The first-order valence-electron chi connectivity index (χ1n) is 6.07. The maximum Gasteiger partial charge on any atom is 0.358 e. The summed E-state index contributed by atoms with van der Waals surface area (Å²) in [6.45, 7) is 3.28. The Morgan fingerprint density at radius 2 is 1.86 bits per heavy atom. The average molecular weight is 344 g/mol. The van der Waals surface area contributed by atoms with Crippen LogP contribution < -0.4 is 0 Å². The Kier molecular flexibility index (Phi) is 4.98. The molecule has 0 aliphatic rings. The SMILES string of the molecule is CCOC(=O)c1nc(-c2cc(Cl)cc(Cl)c2)sc1C(C)=O. The van der Waals surface area contributed by atoms with Gasteiger partial charge in [-0.25, -0.2) is 9.78 Å². The van der Waals surface area contributed by atoms with Gasteiger partial charge in [-0.05, 0) is 25.1 Å². The molecule has 0 amide bonds. The Labute approximate surface area is 135 Å². The van der Waals surface area contributed by atoms with Crippen LogP contribution in [0, 0.1) is 0 Å². The lowest BCUT2D eigenvalue weighted by molar-refractivity contribution is 0.0517. The van der Waals surface area contributed by atoms with E-state index < -0.39 is 5.97 Å². The standard InChI is InChI=1S/C14H11Cl2NO3S/c1-3-20-14(19)11-12(7(2)18)21-13(17-11)8-4-9(15)6-10(16)5-8/h4-6H,3H2,1-2H3. The lowest BCUT2D eigenvalue weighted by Gasteiger charge is -1.99. The van der Waals surface area contributed by atoms with E-state index in [1.807, 2.05) is 0 Å². The number of carbonyl (C=O) groups is 2. The molecule has 0 bridgehead atoms. The van der Waals surface area contributed by atoms with E-state index in [1.54, 1.807) is 25.1 Å². The first kappa shape index (κ1) is 15.9. The largest absolute Gasteiger partial charge is 0.461 e. The fraction of sp³-hybridized carbons (Fsp3) is 0.214. The van der Waals surface area contributed by atoms with E-state index in [1.165, 1.54) is 6.92 Å². The third kappa shape index (κ3) is 3.61. The van der Waals surface area contributed by atoms with Crippen molar-refractivity contribution >= 4 is 46.3 Å². The topological polar surface area (TPSA) is 56.3 Å². The van der Waals surface area contributed by atoms with Crippen LogP contribution in [0.25, 0.3) is 10.6 Å². The zero-order valence-electron chi connectivity index (χ0n) is 11.3. The van der Waals surface area contributed by atoms with Gasteiger partial charge in [-0.2, -0.15) is 0 Å². The third-order valence-electron chi connectivity index (χ3n) is 2.53. The van der Waals surface area contributed by atoms with Gasteiger partial charge in [0.15, 0.2) is 11.5 Å². The summed E-state index contributed by atoms with van der Waals surface area (Å²) >= 11 is 13.0. The molecule has 0 aliphatic carbocycles. The van der Waals surface area contributed by atoms with Gasteiger partial charge < -0.3 is 4.74 Å². The third-order valence-corrected chi connectivity index (χ3v) is 4.17. The number of halogens is 2. The number of esters is 1. The number of nitrogens with zero attached hydrogens (tertiary/aromatic N) is 1. The molecule has 110 valence electrons. The normalized spacial score (nSPS) is 10.5. The molecule has 2 aromatic rings. The number of hydrogen-bond donors (Lipinski definition) is 0. The molecule has 4 nitrogen and oxygen atoms in total. The van der Waals surface area contributed by atoms with Gasteiger partial charge >= 0.3 is 5.97 Å². The minimum Gasteiger partial charge on any atom is -0.461 e. The van der Waals surface area contributed by atoms with Crippen molar-refractivity contribution in [3.8, 4) is 10.6 Å². The quantitative estimate of drug-likeness (QED) is 0.605. The molecule has 0 aliphatic heterocycles. The Bertz CT molecular complexity index is 692. The summed E-state index contributed by atoms with van der Waals surface area (Å²) in [5, 5.41) is 1.40. The highest BCUT2D eigenvalue weighted by Crippen LogP contribution is 2.32. The number of carbonyl (C=O) groups excluding carboxylic acids is 2. The molecule has 21 heavy (non-hydrogen) atoms. The van der Waals surface area contributed by atoms with E-state index in [0.717, 1.165) is 11.3 Å². The summed E-state index contributed by atoms with van der Waals surface area (Å²) in [6, 6.07) is 4.94. The molecule has 2 rings (SSSR count). The molecule has 1 heterocycles. The fourth-order valence-electron chi connectivity index (χ4n) is 1.70. The summed E-state index contributed by atoms with van der Waals surface area (Å²) < 4.78 is 4.92. The van der Waals surface area contributed by atoms with Crippen LogP contribution in [-0.4, -0.2) is 23.3 Å². The smallest absolute Gasteiger partial charge is 0.358 e. The van der Waals surface area contributed by atoms with Crippen molar-refractivity contribution in [2.24, 2.45) is 0 Å². The van der Waals surface area contributed by atoms with Crippen molar-refractivity contribution in [1.29, 1.82) is 0 Å². The first-order valence-corrected chi connectivity index (χ1v) is 7.65. The van der Waals surface area contributed by atoms with Crippen LogP contribution in [0.4, 0.5) is 0 Å².